The molecule has 3 fully saturated rings. The number of carbonyl (C=O) groups is 2. The molecule has 5 atom stereocenters. The Bertz CT molecular complexity index is 929. The first kappa shape index (κ1) is 20.5. The quantitative estimate of drug-likeness (QED) is 0.712. The van der Waals surface area contributed by atoms with Crippen LogP contribution in [0.3, 0.4) is 0 Å². The molecule has 170 valence electrons. The molecule has 1 aromatic carbocycles. The highest BCUT2D eigenvalue weighted by molar-refractivity contribution is 6.02. The predicted molar refractivity (Wildman–Crippen MR) is 122 cm³/mol. The van der Waals surface area contributed by atoms with Crippen LogP contribution < -0.4 is 5.32 Å². The van der Waals surface area contributed by atoms with Crippen molar-refractivity contribution >= 4 is 11.8 Å². The van der Waals surface area contributed by atoms with Crippen LogP contribution in [-0.2, 0) is 9.53 Å². The van der Waals surface area contributed by atoms with Crippen LogP contribution >= 0.6 is 0 Å². The molecule has 0 aromatic heterocycles. The van der Waals surface area contributed by atoms with Gasteiger partial charge in [-0.2, -0.15) is 0 Å². The van der Waals surface area contributed by atoms with E-state index in [9.17, 15) is 9.59 Å². The van der Waals surface area contributed by atoms with Gasteiger partial charge in [-0.1, -0.05) is 43.2 Å². The Morgan fingerprint density at radius 3 is 2.69 bits per heavy atom. The molecule has 5 heteroatoms. The number of nitrogens with one attached hydrogen (secondary N) is 1. The van der Waals surface area contributed by atoms with Crippen molar-refractivity contribution in [2.45, 2.75) is 68.9 Å². The van der Waals surface area contributed by atoms with Gasteiger partial charge in [0.05, 0.1) is 17.6 Å². The van der Waals surface area contributed by atoms with Gasteiger partial charge in [0, 0.05) is 25.3 Å². The van der Waals surface area contributed by atoms with Gasteiger partial charge >= 0.3 is 0 Å². The molecule has 1 saturated heterocycles. The van der Waals surface area contributed by atoms with Gasteiger partial charge in [0.25, 0.3) is 5.91 Å². The van der Waals surface area contributed by atoms with Crippen LogP contribution in [0.25, 0.3) is 0 Å². The molecule has 2 bridgehead atoms. The third-order valence-corrected chi connectivity index (χ3v) is 8.92. The van der Waals surface area contributed by atoms with Crippen LogP contribution in [0, 0.1) is 17.8 Å². The van der Waals surface area contributed by atoms with Crippen molar-refractivity contribution in [2.24, 2.45) is 17.8 Å². The highest BCUT2D eigenvalue weighted by Crippen LogP contribution is 2.51. The zero-order chi connectivity index (χ0) is 21.7. The van der Waals surface area contributed by atoms with E-state index >= 15 is 0 Å². The van der Waals surface area contributed by atoms with E-state index in [0.29, 0.717) is 29.9 Å². The molecule has 2 amide bonds. The van der Waals surface area contributed by atoms with Gasteiger partial charge in [-0.05, 0) is 67.9 Å². The van der Waals surface area contributed by atoms with Gasteiger partial charge in [0.2, 0.25) is 5.91 Å². The van der Waals surface area contributed by atoms with E-state index < -0.39 is 5.54 Å². The summed E-state index contributed by atoms with van der Waals surface area (Å²) in [4.78, 5) is 29.7. The number of hydrogen-bond donors (Lipinski definition) is 1. The number of nitrogens with zero attached hydrogens (tertiary/aromatic N) is 1. The van der Waals surface area contributed by atoms with Crippen LogP contribution in [-0.4, -0.2) is 48.1 Å². The monoisotopic (exact) mass is 434 g/mol. The summed E-state index contributed by atoms with van der Waals surface area (Å²) in [6, 6.07) is 7.82. The zero-order valence-electron chi connectivity index (χ0n) is 18.8. The molecule has 2 saturated carbocycles. The fourth-order valence-electron chi connectivity index (χ4n) is 7.39. The number of rotatable bonds is 5. The average molecular weight is 435 g/mol. The smallest absolute Gasteiger partial charge is 0.254 e. The summed E-state index contributed by atoms with van der Waals surface area (Å²) in [5.41, 5.74) is 1.20. The van der Waals surface area contributed by atoms with Gasteiger partial charge in [-0.15, -0.1) is 0 Å². The lowest BCUT2D eigenvalue weighted by molar-refractivity contribution is -0.127. The first-order valence-corrected chi connectivity index (χ1v) is 12.6. The second-order valence-electron chi connectivity index (χ2n) is 10.7. The second kappa shape index (κ2) is 8.02. The van der Waals surface area contributed by atoms with E-state index in [-0.39, 0.29) is 23.8 Å². The molecular weight excluding hydrogens is 400 g/mol. The van der Waals surface area contributed by atoms with E-state index in [1.807, 2.05) is 24.3 Å². The van der Waals surface area contributed by atoms with Crippen molar-refractivity contribution in [2.75, 3.05) is 19.7 Å². The molecule has 0 unspecified atom stereocenters. The predicted octanol–water partition coefficient (Wildman–Crippen LogP) is 4.05. The Kier molecular flexibility index (Phi) is 5.13. The Morgan fingerprint density at radius 1 is 1.12 bits per heavy atom. The van der Waals surface area contributed by atoms with Crippen LogP contribution in [0.1, 0.15) is 73.2 Å². The van der Waals surface area contributed by atoms with Gasteiger partial charge in [0.15, 0.2) is 0 Å². The maximum absolute atomic E-state index is 13.9. The maximum Gasteiger partial charge on any atom is 0.254 e. The first-order chi connectivity index (χ1) is 15.7. The van der Waals surface area contributed by atoms with Crippen LogP contribution in [0.2, 0.25) is 0 Å². The molecule has 5 aliphatic rings. The van der Waals surface area contributed by atoms with E-state index in [2.05, 4.69) is 22.4 Å². The van der Waals surface area contributed by atoms with Crippen molar-refractivity contribution in [3.05, 3.63) is 47.5 Å². The van der Waals surface area contributed by atoms with Crippen molar-refractivity contribution in [3.8, 4) is 0 Å². The standard InChI is InChI=1S/C27H34N2O3/c30-25(28-16-20-15-18-9-10-19(20)14-18)24-22-7-1-2-8-23(22)26(31)29(17-21-6-5-13-32-21)27(24)11-3-4-12-27/h1-2,7-10,18-21,24H,3-6,11-17H2,(H,28,30)/t18-,19-,20-,21+,24-/m0/s1. The number of amides is 2. The number of allylic oxidation sites excluding steroid dienone is 2. The minimum atomic E-state index is -0.421. The van der Waals surface area contributed by atoms with Crippen LogP contribution in [0.5, 0.6) is 0 Å². The van der Waals surface area contributed by atoms with Gasteiger partial charge < -0.3 is 15.0 Å². The Labute approximate surface area is 190 Å². The Hall–Kier alpha value is -2.14. The number of carbonyl (C=O) groups excluding carboxylic acids is 2. The Balaban J connectivity index is 1.32. The summed E-state index contributed by atoms with van der Waals surface area (Å²) in [5, 5.41) is 3.36. The second-order valence-corrected chi connectivity index (χ2v) is 10.7. The Morgan fingerprint density at radius 2 is 1.97 bits per heavy atom. The zero-order valence-corrected chi connectivity index (χ0v) is 18.8. The topological polar surface area (TPSA) is 58.6 Å². The largest absolute Gasteiger partial charge is 0.376 e. The maximum atomic E-state index is 13.9. The first-order valence-electron chi connectivity index (χ1n) is 12.6. The van der Waals surface area contributed by atoms with Gasteiger partial charge in [-0.3, -0.25) is 9.59 Å². The highest BCUT2D eigenvalue weighted by Gasteiger charge is 2.56. The third kappa shape index (κ3) is 3.23. The minimum absolute atomic E-state index is 0.0836. The minimum Gasteiger partial charge on any atom is -0.376 e. The number of benzene rings is 1. The number of hydrogen-bond acceptors (Lipinski definition) is 3. The highest BCUT2D eigenvalue weighted by atomic mass is 16.5. The van der Waals surface area contributed by atoms with E-state index in [1.165, 1.54) is 12.8 Å². The molecule has 6 rings (SSSR count). The average Bonchev–Trinajstić information content (AvgIpc) is 3.61. The molecule has 32 heavy (non-hydrogen) atoms. The lowest BCUT2D eigenvalue weighted by Gasteiger charge is -2.50. The van der Waals surface area contributed by atoms with E-state index in [1.54, 1.807) is 0 Å². The van der Waals surface area contributed by atoms with Crippen LogP contribution in [0.4, 0.5) is 0 Å². The van der Waals surface area contributed by atoms with Gasteiger partial charge in [0.1, 0.15) is 0 Å². The van der Waals surface area contributed by atoms with Crippen molar-refractivity contribution < 1.29 is 14.3 Å². The lowest BCUT2D eigenvalue weighted by atomic mass is 9.70. The van der Waals surface area contributed by atoms with Crippen molar-refractivity contribution in [1.29, 1.82) is 0 Å². The molecule has 3 aliphatic carbocycles. The molecule has 2 aliphatic heterocycles. The third-order valence-electron chi connectivity index (χ3n) is 8.92. The summed E-state index contributed by atoms with van der Waals surface area (Å²) >= 11 is 0. The molecule has 5 nitrogen and oxygen atoms in total. The SMILES string of the molecule is O=C(NC[C@@H]1C[C@H]2C=C[C@H]1C2)[C@@H]1c2ccccc2C(=O)N(C[C@H]2CCCO2)C12CCCC2. The fraction of sp³-hybridized carbons (Fsp3) is 0.630. The lowest BCUT2D eigenvalue weighted by Crippen LogP contribution is -2.62. The van der Waals surface area contributed by atoms with E-state index in [0.717, 1.165) is 57.2 Å². The van der Waals surface area contributed by atoms with Crippen molar-refractivity contribution in [1.82, 2.24) is 10.2 Å². The molecule has 0 radical (unpaired) electrons. The molecule has 1 aromatic rings. The number of fused-ring (bicyclic) bond motifs is 3. The normalized spacial score (nSPS) is 34.4. The summed E-state index contributed by atoms with van der Waals surface area (Å²) in [7, 11) is 0. The molecule has 1 spiro atoms. The summed E-state index contributed by atoms with van der Waals surface area (Å²) in [6.45, 7) is 2.13. The van der Waals surface area contributed by atoms with Crippen molar-refractivity contribution in [3.63, 3.8) is 0 Å². The molecule has 1 N–H and O–H groups in total. The number of ether oxygens (including phenoxy) is 1. The summed E-state index contributed by atoms with van der Waals surface area (Å²) in [6.07, 6.45) is 13.2. The summed E-state index contributed by atoms with van der Waals surface area (Å²) < 4.78 is 5.93. The van der Waals surface area contributed by atoms with E-state index in [4.69, 9.17) is 4.74 Å². The van der Waals surface area contributed by atoms with Crippen LogP contribution in [0.15, 0.2) is 36.4 Å². The summed E-state index contributed by atoms with van der Waals surface area (Å²) in [5.74, 6) is 1.78. The molecular formula is C27H34N2O3. The fourth-order valence-corrected chi connectivity index (χ4v) is 7.39. The molecule has 2 heterocycles. The van der Waals surface area contributed by atoms with Gasteiger partial charge in [-0.25, -0.2) is 0 Å².